The summed E-state index contributed by atoms with van der Waals surface area (Å²) < 4.78 is 0. The molecular formula is C29H42O2. The average Bonchev–Trinajstić information content (AvgIpc) is 2.70. The molecule has 0 spiro atoms. The standard InChI is InChI=1S/C29H42O2/c1-20(2)12-9-13-21(3)14-10-15-22(4)16-11-17-23(5)18-19-27-26(8)28(30)24(6)25(7)29(27)31/h12,14,16,19,30-31H,9-11,13,15,17H2,1-8H3/b21-14+,22-16+. The van der Waals surface area contributed by atoms with Crippen molar-refractivity contribution in [2.45, 2.75) is 93.9 Å². The van der Waals surface area contributed by atoms with Crippen LogP contribution < -0.4 is 0 Å². The molecule has 0 radical (unpaired) electrons. The lowest BCUT2D eigenvalue weighted by Crippen LogP contribution is -1.91. The molecule has 31 heavy (non-hydrogen) atoms. The lowest BCUT2D eigenvalue weighted by molar-refractivity contribution is 0.448. The SMILES string of the molecule is CC(=C=Cc1c(C)c(O)c(C)c(C)c1O)CC/C=C(\C)CC/C=C(\C)CCC=C(C)C. The van der Waals surface area contributed by atoms with Crippen molar-refractivity contribution in [1.29, 1.82) is 0 Å². The van der Waals surface area contributed by atoms with Crippen molar-refractivity contribution in [1.82, 2.24) is 0 Å². The number of benzene rings is 1. The van der Waals surface area contributed by atoms with Gasteiger partial charge in [0.2, 0.25) is 0 Å². The molecule has 0 saturated carbocycles. The van der Waals surface area contributed by atoms with Gasteiger partial charge in [-0.1, -0.05) is 34.9 Å². The first-order chi connectivity index (χ1) is 14.5. The molecule has 0 aliphatic carbocycles. The lowest BCUT2D eigenvalue weighted by Gasteiger charge is -2.12. The van der Waals surface area contributed by atoms with Crippen LogP contribution >= 0.6 is 0 Å². The Morgan fingerprint density at radius 2 is 1.16 bits per heavy atom. The van der Waals surface area contributed by atoms with Crippen LogP contribution in [0.25, 0.3) is 6.08 Å². The summed E-state index contributed by atoms with van der Waals surface area (Å²) in [6, 6.07) is 0. The zero-order valence-corrected chi connectivity index (χ0v) is 20.9. The van der Waals surface area contributed by atoms with Crippen LogP contribution in [0.1, 0.15) is 95.4 Å². The molecule has 0 atom stereocenters. The van der Waals surface area contributed by atoms with Gasteiger partial charge in [-0.2, -0.15) is 0 Å². The van der Waals surface area contributed by atoms with E-state index in [4.69, 9.17) is 0 Å². The Labute approximate surface area is 190 Å². The summed E-state index contributed by atoms with van der Waals surface area (Å²) in [7, 11) is 0. The summed E-state index contributed by atoms with van der Waals surface area (Å²) in [5, 5.41) is 20.7. The number of allylic oxidation sites excluding steroid dienone is 7. The van der Waals surface area contributed by atoms with E-state index in [9.17, 15) is 10.2 Å². The molecule has 0 amide bonds. The molecule has 2 N–H and O–H groups in total. The van der Waals surface area contributed by atoms with Gasteiger partial charge in [-0.05, 0) is 117 Å². The van der Waals surface area contributed by atoms with Gasteiger partial charge in [0.15, 0.2) is 0 Å². The molecule has 170 valence electrons. The lowest BCUT2D eigenvalue weighted by atomic mass is 9.97. The Morgan fingerprint density at radius 3 is 1.71 bits per heavy atom. The van der Waals surface area contributed by atoms with Crippen LogP contribution in [0.4, 0.5) is 0 Å². The van der Waals surface area contributed by atoms with Gasteiger partial charge in [0.1, 0.15) is 11.5 Å². The van der Waals surface area contributed by atoms with Gasteiger partial charge in [0.05, 0.1) is 0 Å². The summed E-state index contributed by atoms with van der Waals surface area (Å²) in [5.41, 5.74) is 11.5. The number of hydrogen-bond donors (Lipinski definition) is 2. The minimum atomic E-state index is 0.230. The van der Waals surface area contributed by atoms with E-state index in [-0.39, 0.29) is 11.5 Å². The third-order valence-corrected chi connectivity index (χ3v) is 5.89. The monoisotopic (exact) mass is 422 g/mol. The van der Waals surface area contributed by atoms with Crippen LogP contribution in [-0.4, -0.2) is 10.2 Å². The number of phenols is 2. The summed E-state index contributed by atoms with van der Waals surface area (Å²) in [4.78, 5) is 0. The molecule has 2 nitrogen and oxygen atoms in total. The molecule has 0 aromatic heterocycles. The van der Waals surface area contributed by atoms with E-state index in [0.717, 1.165) is 49.7 Å². The maximum Gasteiger partial charge on any atom is 0.127 e. The Hall–Kier alpha value is -2.44. The zero-order valence-electron chi connectivity index (χ0n) is 20.9. The largest absolute Gasteiger partial charge is 0.507 e. The van der Waals surface area contributed by atoms with Crippen molar-refractivity contribution in [3.05, 3.63) is 68.5 Å². The number of rotatable bonds is 10. The number of phenolic OH excluding ortho intramolecular Hbond substituents is 2. The van der Waals surface area contributed by atoms with E-state index in [1.807, 2.05) is 20.8 Å². The summed E-state index contributed by atoms with van der Waals surface area (Å²) in [6.45, 7) is 16.3. The van der Waals surface area contributed by atoms with Gasteiger partial charge in [-0.25, -0.2) is 0 Å². The molecule has 1 aromatic carbocycles. The zero-order chi connectivity index (χ0) is 23.6. The van der Waals surface area contributed by atoms with E-state index in [2.05, 4.69) is 58.6 Å². The van der Waals surface area contributed by atoms with Gasteiger partial charge in [0, 0.05) is 11.1 Å². The Bertz CT molecular complexity index is 884. The second-order valence-corrected chi connectivity index (χ2v) is 9.05. The van der Waals surface area contributed by atoms with Crippen molar-refractivity contribution >= 4 is 6.08 Å². The van der Waals surface area contributed by atoms with E-state index < -0.39 is 0 Å². The summed E-state index contributed by atoms with van der Waals surface area (Å²) in [5.74, 6) is 0.480. The second-order valence-electron chi connectivity index (χ2n) is 9.05. The summed E-state index contributed by atoms with van der Waals surface area (Å²) in [6.07, 6.45) is 15.2. The van der Waals surface area contributed by atoms with Crippen LogP contribution in [-0.2, 0) is 0 Å². The molecule has 0 unspecified atom stereocenters. The molecule has 2 heteroatoms. The van der Waals surface area contributed by atoms with Crippen LogP contribution in [0, 0.1) is 20.8 Å². The van der Waals surface area contributed by atoms with E-state index in [1.165, 1.54) is 16.7 Å². The van der Waals surface area contributed by atoms with Crippen molar-refractivity contribution in [2.75, 3.05) is 0 Å². The topological polar surface area (TPSA) is 40.5 Å². The first-order valence-electron chi connectivity index (χ1n) is 11.4. The van der Waals surface area contributed by atoms with Crippen molar-refractivity contribution in [2.24, 2.45) is 0 Å². The Morgan fingerprint density at radius 1 is 0.677 bits per heavy atom. The minimum absolute atomic E-state index is 0.230. The van der Waals surface area contributed by atoms with Crippen LogP contribution in [0.5, 0.6) is 11.5 Å². The summed E-state index contributed by atoms with van der Waals surface area (Å²) >= 11 is 0. The molecule has 0 heterocycles. The number of hydrogen-bond acceptors (Lipinski definition) is 2. The molecule has 0 saturated heterocycles. The van der Waals surface area contributed by atoms with Crippen LogP contribution in [0.2, 0.25) is 0 Å². The highest BCUT2D eigenvalue weighted by Crippen LogP contribution is 2.36. The average molecular weight is 423 g/mol. The molecule has 1 rings (SSSR count). The van der Waals surface area contributed by atoms with Crippen molar-refractivity contribution < 1.29 is 10.2 Å². The Kier molecular flexibility index (Phi) is 11.2. The maximum atomic E-state index is 10.4. The van der Waals surface area contributed by atoms with Gasteiger partial charge < -0.3 is 10.2 Å². The van der Waals surface area contributed by atoms with Crippen LogP contribution in [0.3, 0.4) is 0 Å². The second kappa shape index (κ2) is 13.1. The molecule has 0 bridgehead atoms. The smallest absolute Gasteiger partial charge is 0.127 e. The fourth-order valence-electron chi connectivity index (χ4n) is 3.46. The third kappa shape index (κ3) is 9.07. The van der Waals surface area contributed by atoms with Gasteiger partial charge in [-0.3, -0.25) is 0 Å². The normalized spacial score (nSPS) is 11.9. The van der Waals surface area contributed by atoms with Crippen molar-refractivity contribution in [3.8, 4) is 11.5 Å². The molecule has 0 aliphatic rings. The van der Waals surface area contributed by atoms with Gasteiger partial charge in [-0.15, -0.1) is 5.73 Å². The number of aromatic hydroxyl groups is 2. The van der Waals surface area contributed by atoms with E-state index >= 15 is 0 Å². The highest BCUT2D eigenvalue weighted by molar-refractivity contribution is 5.68. The highest BCUT2D eigenvalue weighted by Gasteiger charge is 2.14. The first-order valence-corrected chi connectivity index (χ1v) is 11.4. The fraction of sp³-hybridized carbons (Fsp3) is 0.483. The van der Waals surface area contributed by atoms with Gasteiger partial charge >= 0.3 is 0 Å². The highest BCUT2D eigenvalue weighted by atomic mass is 16.3. The van der Waals surface area contributed by atoms with Crippen LogP contribution in [0.15, 0.2) is 46.3 Å². The molecular weight excluding hydrogens is 380 g/mol. The molecule has 1 aromatic rings. The molecule has 0 fully saturated rings. The minimum Gasteiger partial charge on any atom is -0.507 e. The van der Waals surface area contributed by atoms with Gasteiger partial charge in [0.25, 0.3) is 0 Å². The maximum absolute atomic E-state index is 10.4. The predicted molar refractivity (Wildman–Crippen MR) is 136 cm³/mol. The van der Waals surface area contributed by atoms with E-state index in [1.54, 1.807) is 6.08 Å². The Balaban J connectivity index is 2.63. The third-order valence-electron chi connectivity index (χ3n) is 5.89. The quantitative estimate of drug-likeness (QED) is 0.225. The fourth-order valence-corrected chi connectivity index (χ4v) is 3.46. The molecule has 0 aliphatic heterocycles. The van der Waals surface area contributed by atoms with E-state index in [0.29, 0.717) is 16.7 Å². The first kappa shape index (κ1) is 26.6. The van der Waals surface area contributed by atoms with Crippen molar-refractivity contribution in [3.63, 3.8) is 0 Å². The predicted octanol–water partition coefficient (Wildman–Crippen LogP) is 8.78.